The topological polar surface area (TPSA) is 142 Å². The van der Waals surface area contributed by atoms with Gasteiger partial charge in [-0.15, -0.1) is 0 Å². The summed E-state index contributed by atoms with van der Waals surface area (Å²) >= 11 is 0. The normalized spacial score (nSPS) is 14.2. The van der Waals surface area contributed by atoms with Crippen molar-refractivity contribution < 1.29 is 29.3 Å². The summed E-state index contributed by atoms with van der Waals surface area (Å²) in [4.78, 5) is 42.3. The molecule has 2 aromatic rings. The van der Waals surface area contributed by atoms with E-state index in [0.717, 1.165) is 32.5 Å². The first-order valence-corrected chi connectivity index (χ1v) is 10.4. The maximum absolute atomic E-state index is 12.5. The number of aromatic nitrogens is 2. The van der Waals surface area contributed by atoms with E-state index in [1.165, 1.54) is 18.9 Å². The number of carbonyl (C=O) groups excluding carboxylic acids is 1. The van der Waals surface area contributed by atoms with Gasteiger partial charge in [-0.25, -0.2) is 14.6 Å². The number of amides is 1. The van der Waals surface area contributed by atoms with E-state index in [1.807, 2.05) is 6.07 Å². The molecule has 1 amide bonds. The second kappa shape index (κ2) is 12.9. The van der Waals surface area contributed by atoms with E-state index in [4.69, 9.17) is 14.9 Å². The Balaban J connectivity index is 0.000000414. The molecule has 10 nitrogen and oxygen atoms in total. The lowest BCUT2D eigenvalue weighted by molar-refractivity contribution is -0.134. The fourth-order valence-electron chi connectivity index (χ4n) is 3.24. The van der Waals surface area contributed by atoms with Crippen LogP contribution in [0.4, 0.5) is 0 Å². The largest absolute Gasteiger partial charge is 0.480 e. The molecule has 0 bridgehead atoms. The minimum atomic E-state index is -1.26. The predicted molar refractivity (Wildman–Crippen MR) is 120 cm³/mol. The van der Waals surface area contributed by atoms with Crippen molar-refractivity contribution in [3.63, 3.8) is 0 Å². The van der Waals surface area contributed by atoms with Crippen molar-refractivity contribution in [2.45, 2.75) is 32.4 Å². The van der Waals surface area contributed by atoms with Crippen LogP contribution in [0.15, 0.2) is 48.7 Å². The van der Waals surface area contributed by atoms with E-state index in [0.29, 0.717) is 29.4 Å². The number of hydrogen-bond acceptors (Lipinski definition) is 7. The SMILES string of the molecule is COc1nc(C)ncc1C(=O)NC1CCN(Cc2ccccc2)CC1.O=C(O)/C=C\C(=O)O. The number of ether oxygens (including phenoxy) is 1. The quantitative estimate of drug-likeness (QED) is 0.532. The van der Waals surface area contributed by atoms with Crippen LogP contribution in [-0.4, -0.2) is 69.2 Å². The molecule has 0 radical (unpaired) electrons. The predicted octanol–water partition coefficient (Wildman–Crippen LogP) is 1.90. The molecule has 0 atom stereocenters. The van der Waals surface area contributed by atoms with E-state index in [9.17, 15) is 14.4 Å². The lowest BCUT2D eigenvalue weighted by atomic mass is 10.0. The number of aryl methyl sites for hydroxylation is 1. The average molecular weight is 456 g/mol. The first kappa shape index (κ1) is 25.5. The van der Waals surface area contributed by atoms with Gasteiger partial charge in [0.05, 0.1) is 7.11 Å². The van der Waals surface area contributed by atoms with E-state index in [-0.39, 0.29) is 11.9 Å². The van der Waals surface area contributed by atoms with E-state index >= 15 is 0 Å². The van der Waals surface area contributed by atoms with Crippen LogP contribution in [0.25, 0.3) is 0 Å². The lowest BCUT2D eigenvalue weighted by Crippen LogP contribution is -2.44. The van der Waals surface area contributed by atoms with Gasteiger partial charge in [-0.1, -0.05) is 30.3 Å². The third kappa shape index (κ3) is 9.08. The summed E-state index contributed by atoms with van der Waals surface area (Å²) in [6, 6.07) is 10.6. The number of aliphatic carboxylic acids is 2. The Kier molecular flexibility index (Phi) is 9.97. The van der Waals surface area contributed by atoms with Crippen LogP contribution >= 0.6 is 0 Å². The molecule has 0 unspecified atom stereocenters. The number of piperidine rings is 1. The molecule has 176 valence electrons. The number of likely N-dealkylation sites (tertiary alicyclic amines) is 1. The van der Waals surface area contributed by atoms with Gasteiger partial charge >= 0.3 is 11.9 Å². The zero-order valence-electron chi connectivity index (χ0n) is 18.6. The minimum Gasteiger partial charge on any atom is -0.480 e. The number of rotatable bonds is 7. The van der Waals surface area contributed by atoms with Crippen molar-refractivity contribution in [3.05, 3.63) is 65.6 Å². The Morgan fingerprint density at radius 1 is 1.12 bits per heavy atom. The molecule has 3 N–H and O–H groups in total. The summed E-state index contributed by atoms with van der Waals surface area (Å²) in [6.45, 7) is 4.68. The van der Waals surface area contributed by atoms with Crippen LogP contribution in [0, 0.1) is 6.92 Å². The lowest BCUT2D eigenvalue weighted by Gasteiger charge is -2.32. The third-order valence-electron chi connectivity index (χ3n) is 4.85. The average Bonchev–Trinajstić information content (AvgIpc) is 2.80. The van der Waals surface area contributed by atoms with E-state index in [2.05, 4.69) is 44.5 Å². The zero-order valence-corrected chi connectivity index (χ0v) is 18.6. The van der Waals surface area contributed by atoms with Crippen molar-refractivity contribution >= 4 is 17.8 Å². The summed E-state index contributed by atoms with van der Waals surface area (Å²) in [5.74, 6) is -1.77. The maximum atomic E-state index is 12.5. The number of nitrogens with one attached hydrogen (secondary N) is 1. The highest BCUT2D eigenvalue weighted by molar-refractivity contribution is 5.96. The van der Waals surface area contributed by atoms with Crippen molar-refractivity contribution in [2.24, 2.45) is 0 Å². The highest BCUT2D eigenvalue weighted by Gasteiger charge is 2.23. The summed E-state index contributed by atoms with van der Waals surface area (Å²) in [7, 11) is 1.51. The summed E-state index contributed by atoms with van der Waals surface area (Å²) in [6.07, 6.45) is 4.52. The van der Waals surface area contributed by atoms with Crippen LogP contribution in [0.2, 0.25) is 0 Å². The van der Waals surface area contributed by atoms with E-state index < -0.39 is 11.9 Å². The van der Waals surface area contributed by atoms with Crippen LogP contribution < -0.4 is 10.1 Å². The van der Waals surface area contributed by atoms with Crippen molar-refractivity contribution in [1.82, 2.24) is 20.2 Å². The maximum Gasteiger partial charge on any atom is 0.328 e. The fraction of sp³-hybridized carbons (Fsp3) is 0.348. The number of carboxylic acids is 2. The molecule has 33 heavy (non-hydrogen) atoms. The zero-order chi connectivity index (χ0) is 24.2. The van der Waals surface area contributed by atoms with Gasteiger partial charge in [0.1, 0.15) is 11.4 Å². The third-order valence-corrected chi connectivity index (χ3v) is 4.85. The van der Waals surface area contributed by atoms with Crippen molar-refractivity contribution in [3.8, 4) is 5.88 Å². The molecule has 3 rings (SSSR count). The van der Waals surface area contributed by atoms with Crippen LogP contribution in [-0.2, 0) is 16.1 Å². The van der Waals surface area contributed by atoms with Gasteiger partial charge in [-0.05, 0) is 25.3 Å². The van der Waals surface area contributed by atoms with Crippen LogP contribution in [0.5, 0.6) is 5.88 Å². The molecule has 2 heterocycles. The van der Waals surface area contributed by atoms with Crippen molar-refractivity contribution in [2.75, 3.05) is 20.2 Å². The molecule has 1 saturated heterocycles. The van der Waals surface area contributed by atoms with Crippen molar-refractivity contribution in [1.29, 1.82) is 0 Å². The summed E-state index contributed by atoms with van der Waals surface area (Å²) < 4.78 is 5.20. The molecule has 1 aromatic heterocycles. The molecule has 10 heteroatoms. The molecule has 0 aliphatic carbocycles. The monoisotopic (exact) mass is 456 g/mol. The minimum absolute atomic E-state index is 0.168. The van der Waals surface area contributed by atoms with Gasteiger partial charge in [-0.3, -0.25) is 9.69 Å². The highest BCUT2D eigenvalue weighted by Crippen LogP contribution is 2.17. The Morgan fingerprint density at radius 3 is 2.27 bits per heavy atom. The van der Waals surface area contributed by atoms with Crippen LogP contribution in [0.1, 0.15) is 34.6 Å². The van der Waals surface area contributed by atoms with Crippen LogP contribution in [0.3, 0.4) is 0 Å². The van der Waals surface area contributed by atoms with Gasteiger partial charge in [0.15, 0.2) is 0 Å². The Morgan fingerprint density at radius 2 is 1.73 bits per heavy atom. The van der Waals surface area contributed by atoms with Gasteiger partial charge in [0.25, 0.3) is 5.91 Å². The molecule has 1 aliphatic rings. The summed E-state index contributed by atoms with van der Waals surface area (Å²) in [5.41, 5.74) is 1.71. The van der Waals surface area contributed by atoms with Gasteiger partial charge < -0.3 is 20.3 Å². The number of methoxy groups -OCH3 is 1. The smallest absolute Gasteiger partial charge is 0.328 e. The number of hydrogen-bond donors (Lipinski definition) is 3. The van der Waals surface area contributed by atoms with Gasteiger partial charge in [0, 0.05) is 44.0 Å². The molecule has 1 aromatic carbocycles. The van der Waals surface area contributed by atoms with E-state index in [1.54, 1.807) is 6.92 Å². The second-order valence-corrected chi connectivity index (χ2v) is 7.36. The number of nitrogens with zero attached hydrogens (tertiary/aromatic N) is 3. The molecule has 1 aliphatic heterocycles. The summed E-state index contributed by atoms with van der Waals surface area (Å²) in [5, 5.41) is 18.7. The first-order valence-electron chi connectivity index (χ1n) is 10.4. The fourth-order valence-corrected chi connectivity index (χ4v) is 3.24. The Labute approximate surface area is 191 Å². The van der Waals surface area contributed by atoms with Gasteiger partial charge in [-0.2, -0.15) is 4.98 Å². The molecular weight excluding hydrogens is 428 g/mol. The molecule has 0 saturated carbocycles. The molecular formula is C23H28N4O6. The second-order valence-electron chi connectivity index (χ2n) is 7.36. The molecule has 0 spiro atoms. The number of carboxylic acid groups (broad SMARTS) is 2. The number of benzene rings is 1. The number of carbonyl (C=O) groups is 3. The van der Waals surface area contributed by atoms with Gasteiger partial charge in [0.2, 0.25) is 5.88 Å². The Bertz CT molecular complexity index is 956. The Hall–Kier alpha value is -3.79. The first-order chi connectivity index (χ1) is 15.8. The highest BCUT2D eigenvalue weighted by atomic mass is 16.5. The molecule has 1 fully saturated rings. The standard InChI is InChI=1S/C19H24N4O2.C4H4O4/c1-14-20-12-17(19(21-14)25-2)18(24)22-16-8-10-23(11-9-16)13-15-6-4-3-5-7-15;5-3(6)1-2-4(7)8/h3-7,12,16H,8-11,13H2,1-2H3,(H,22,24);1-2H,(H,5,6)(H,7,8)/b;2-1-.